The molecule has 0 fully saturated rings. The number of hydrogen-bond acceptors (Lipinski definition) is 1. The van der Waals surface area contributed by atoms with E-state index in [1.54, 1.807) is 0 Å². The largest absolute Gasteiger partial charge is 0.455 e. The first-order valence-electron chi connectivity index (χ1n) is 15.8. The maximum absolute atomic E-state index is 6.91. The summed E-state index contributed by atoms with van der Waals surface area (Å²) in [6.45, 7) is 4.77. The molecule has 210 valence electrons. The minimum Gasteiger partial charge on any atom is -0.455 e. The fraction of sp³-hybridized carbons (Fsp3) is 0.0698. The Kier molecular flexibility index (Phi) is 4.19. The molecule has 0 atom stereocenters. The third-order valence-corrected chi connectivity index (χ3v) is 10.7. The molecule has 0 spiro atoms. The van der Waals surface area contributed by atoms with E-state index in [1.807, 2.05) is 0 Å². The topological polar surface area (TPSA) is 18.1 Å². The Labute approximate surface area is 259 Å². The molecule has 2 aliphatic rings. The number of para-hydroxylation sites is 2. The molecule has 0 unspecified atom stereocenters. The van der Waals surface area contributed by atoms with E-state index in [0.717, 1.165) is 11.2 Å². The summed E-state index contributed by atoms with van der Waals surface area (Å²) in [6, 6.07) is 46.8. The third kappa shape index (κ3) is 2.70. The van der Waals surface area contributed by atoms with Crippen LogP contribution in [0.5, 0.6) is 0 Å². The molecular weight excluding hydrogens is 546 g/mol. The maximum Gasteiger partial charge on any atom is 0.145 e. The van der Waals surface area contributed by atoms with E-state index in [2.05, 4.69) is 146 Å². The highest BCUT2D eigenvalue weighted by molar-refractivity contribution is 6.30. The van der Waals surface area contributed by atoms with Gasteiger partial charge in [-0.15, -0.1) is 0 Å². The molecular formula is C43H27NO. The zero-order valence-corrected chi connectivity index (χ0v) is 25.0. The first-order valence-corrected chi connectivity index (χ1v) is 15.8. The van der Waals surface area contributed by atoms with Crippen molar-refractivity contribution in [3.63, 3.8) is 0 Å². The van der Waals surface area contributed by atoms with Crippen molar-refractivity contribution in [2.75, 3.05) is 0 Å². The van der Waals surface area contributed by atoms with Gasteiger partial charge in [0.05, 0.1) is 22.1 Å². The van der Waals surface area contributed by atoms with E-state index in [9.17, 15) is 0 Å². The summed E-state index contributed by atoms with van der Waals surface area (Å²) in [5.74, 6) is 0. The van der Waals surface area contributed by atoms with Gasteiger partial charge in [-0.3, -0.25) is 0 Å². The second kappa shape index (κ2) is 7.91. The Morgan fingerprint density at radius 1 is 0.511 bits per heavy atom. The fourth-order valence-corrected chi connectivity index (χ4v) is 8.93. The predicted octanol–water partition coefficient (Wildman–Crippen LogP) is 11.8. The monoisotopic (exact) mass is 573 g/mol. The molecule has 0 saturated carbocycles. The van der Waals surface area contributed by atoms with Crippen molar-refractivity contribution in [1.82, 2.24) is 4.57 Å². The van der Waals surface area contributed by atoms with Gasteiger partial charge in [-0.05, 0) is 62.5 Å². The second-order valence-electron chi connectivity index (χ2n) is 13.2. The first-order chi connectivity index (χ1) is 22.1. The lowest BCUT2D eigenvalue weighted by molar-refractivity contribution is 0.659. The SMILES string of the molecule is CC1(C)c2ccccc2-c2c1c1c3ccccc3oc1c1c3ccccc3n(-c3ccc4c5c(cccc35)-c3ccccc3-4)c21. The molecule has 0 radical (unpaired) electrons. The highest BCUT2D eigenvalue weighted by Crippen LogP contribution is 2.58. The van der Waals surface area contributed by atoms with Crippen LogP contribution >= 0.6 is 0 Å². The quantitative estimate of drug-likeness (QED) is 0.191. The molecule has 2 heteroatoms. The van der Waals surface area contributed by atoms with E-state index < -0.39 is 0 Å². The molecule has 45 heavy (non-hydrogen) atoms. The van der Waals surface area contributed by atoms with Crippen LogP contribution < -0.4 is 0 Å². The van der Waals surface area contributed by atoms with E-state index in [4.69, 9.17) is 4.42 Å². The van der Waals surface area contributed by atoms with Crippen LogP contribution in [0.3, 0.4) is 0 Å². The van der Waals surface area contributed by atoms with E-state index in [0.29, 0.717) is 0 Å². The van der Waals surface area contributed by atoms with Crippen molar-refractivity contribution in [2.45, 2.75) is 19.3 Å². The third-order valence-electron chi connectivity index (χ3n) is 10.7. The maximum atomic E-state index is 6.91. The normalized spacial score (nSPS) is 14.2. The van der Waals surface area contributed by atoms with Gasteiger partial charge < -0.3 is 8.98 Å². The zero-order chi connectivity index (χ0) is 29.6. The molecule has 2 aromatic heterocycles. The van der Waals surface area contributed by atoms with Crippen LogP contribution in [0.15, 0.2) is 132 Å². The summed E-state index contributed by atoms with van der Waals surface area (Å²) < 4.78 is 9.45. The Balaban J connectivity index is 1.41. The van der Waals surface area contributed by atoms with Crippen LogP contribution in [0.4, 0.5) is 0 Å². The Bertz CT molecular complexity index is 2760. The van der Waals surface area contributed by atoms with Crippen molar-refractivity contribution in [2.24, 2.45) is 0 Å². The second-order valence-corrected chi connectivity index (χ2v) is 13.2. The lowest BCUT2D eigenvalue weighted by atomic mass is 9.80. The van der Waals surface area contributed by atoms with Gasteiger partial charge in [0.1, 0.15) is 11.2 Å². The van der Waals surface area contributed by atoms with Gasteiger partial charge in [-0.1, -0.05) is 123 Å². The number of hydrogen-bond donors (Lipinski definition) is 0. The molecule has 2 nitrogen and oxygen atoms in total. The van der Waals surface area contributed by atoms with E-state index in [1.165, 1.54) is 93.5 Å². The molecule has 7 aromatic carbocycles. The van der Waals surface area contributed by atoms with Crippen LogP contribution in [-0.4, -0.2) is 4.57 Å². The minimum absolute atomic E-state index is 0.198. The summed E-state index contributed by atoms with van der Waals surface area (Å²) in [6.07, 6.45) is 0. The highest BCUT2D eigenvalue weighted by Gasteiger charge is 2.41. The van der Waals surface area contributed by atoms with Gasteiger partial charge in [0.25, 0.3) is 0 Å². The first kappa shape index (κ1) is 23.8. The Morgan fingerprint density at radius 3 is 2.00 bits per heavy atom. The number of nitrogens with zero attached hydrogens (tertiary/aromatic N) is 1. The molecule has 0 amide bonds. The van der Waals surface area contributed by atoms with Gasteiger partial charge in [0.2, 0.25) is 0 Å². The van der Waals surface area contributed by atoms with E-state index in [-0.39, 0.29) is 5.41 Å². The van der Waals surface area contributed by atoms with Gasteiger partial charge in [-0.25, -0.2) is 0 Å². The van der Waals surface area contributed by atoms with Crippen LogP contribution in [0.2, 0.25) is 0 Å². The molecule has 9 aromatic rings. The Hall–Kier alpha value is -5.60. The van der Waals surface area contributed by atoms with Crippen molar-refractivity contribution in [1.29, 1.82) is 0 Å². The molecule has 0 N–H and O–H groups in total. The summed E-state index contributed by atoms with van der Waals surface area (Å²) in [7, 11) is 0. The Morgan fingerprint density at radius 2 is 1.16 bits per heavy atom. The van der Waals surface area contributed by atoms with Crippen LogP contribution in [0.1, 0.15) is 25.0 Å². The highest BCUT2D eigenvalue weighted by atomic mass is 16.3. The van der Waals surface area contributed by atoms with Crippen molar-refractivity contribution < 1.29 is 4.42 Å². The average molecular weight is 574 g/mol. The van der Waals surface area contributed by atoms with Gasteiger partial charge in [0, 0.05) is 32.5 Å². The summed E-state index contributed by atoms with van der Waals surface area (Å²) in [4.78, 5) is 0. The molecule has 0 aliphatic heterocycles. The number of benzene rings is 7. The van der Waals surface area contributed by atoms with Gasteiger partial charge in [-0.2, -0.15) is 0 Å². The predicted molar refractivity (Wildman–Crippen MR) is 188 cm³/mol. The van der Waals surface area contributed by atoms with Crippen molar-refractivity contribution in [3.05, 3.63) is 139 Å². The minimum atomic E-state index is -0.198. The fourth-order valence-electron chi connectivity index (χ4n) is 8.93. The number of fused-ring (bicyclic) bond motifs is 15. The summed E-state index contributed by atoms with van der Waals surface area (Å²) in [5.41, 5.74) is 16.0. The summed E-state index contributed by atoms with van der Waals surface area (Å²) >= 11 is 0. The molecule has 0 saturated heterocycles. The van der Waals surface area contributed by atoms with Crippen molar-refractivity contribution in [3.8, 4) is 39.1 Å². The number of furan rings is 1. The number of aromatic nitrogens is 1. The molecule has 11 rings (SSSR count). The average Bonchev–Trinajstić information content (AvgIpc) is 3.78. The van der Waals surface area contributed by atoms with Crippen LogP contribution in [0.25, 0.3) is 93.6 Å². The zero-order valence-electron chi connectivity index (χ0n) is 25.0. The number of rotatable bonds is 1. The molecule has 2 aliphatic carbocycles. The standard InChI is InChI=1S/C43H27NO/c1-43(2)32-19-8-5-14-28(32)37-40(43)38-31-16-7-10-21-35(31)45-42(38)39-30-15-6-9-20-33(30)44(41(37)39)34-23-22-27-25-13-4-3-12-24(25)26-17-11-18-29(34)36(26)27/h3-23H,1-2H3. The van der Waals surface area contributed by atoms with Crippen LogP contribution in [-0.2, 0) is 5.41 Å². The lowest BCUT2D eigenvalue weighted by Gasteiger charge is -2.23. The molecule has 2 heterocycles. The van der Waals surface area contributed by atoms with Crippen molar-refractivity contribution >= 4 is 54.5 Å². The van der Waals surface area contributed by atoms with Gasteiger partial charge >= 0.3 is 0 Å². The lowest BCUT2D eigenvalue weighted by Crippen LogP contribution is -2.15. The summed E-state index contributed by atoms with van der Waals surface area (Å²) in [5, 5.41) is 7.44. The molecule has 0 bridgehead atoms. The van der Waals surface area contributed by atoms with Crippen LogP contribution in [0, 0.1) is 0 Å². The smallest absolute Gasteiger partial charge is 0.145 e. The van der Waals surface area contributed by atoms with Gasteiger partial charge in [0.15, 0.2) is 0 Å². The van der Waals surface area contributed by atoms with E-state index >= 15 is 0 Å².